The van der Waals surface area contributed by atoms with Gasteiger partial charge in [-0.15, -0.1) is 0 Å². The highest BCUT2D eigenvalue weighted by atomic mass is 19.4. The molecule has 8 aromatic rings. The van der Waals surface area contributed by atoms with Crippen molar-refractivity contribution in [3.05, 3.63) is 298 Å². The third-order valence-electron chi connectivity index (χ3n) is 15.3. The van der Waals surface area contributed by atoms with E-state index in [1.54, 1.807) is 12.1 Å². The van der Waals surface area contributed by atoms with Crippen LogP contribution in [-0.2, 0) is 12.4 Å². The number of benzene rings is 8. The minimum Gasteiger partial charge on any atom is -0.330 e. The van der Waals surface area contributed by atoms with E-state index in [1.165, 1.54) is 24.3 Å². The molecule has 2 unspecified atom stereocenters. The molecule has 8 heteroatoms. The topological polar surface area (TPSA) is 6.48 Å². The first-order valence-corrected chi connectivity index (χ1v) is 26.0. The molecule has 4 aliphatic rings. The van der Waals surface area contributed by atoms with Gasteiger partial charge >= 0.3 is 12.4 Å². The number of alkyl halides is 6. The number of allylic oxidation sites excluding steroid dienone is 10. The van der Waals surface area contributed by atoms with Crippen molar-refractivity contribution in [2.75, 3.05) is 9.80 Å². The number of anilines is 4. The average molecular weight is 1040 g/mol. The van der Waals surface area contributed by atoms with E-state index < -0.39 is 29.5 Å². The Hall–Kier alpha value is -8.88. The summed E-state index contributed by atoms with van der Waals surface area (Å²) in [6, 6.07) is 55.7. The molecule has 8 aromatic carbocycles. The lowest BCUT2D eigenvalue weighted by atomic mass is 9.67. The van der Waals surface area contributed by atoms with Gasteiger partial charge in [-0.2, -0.15) is 26.3 Å². The Kier molecular flexibility index (Phi) is 12.6. The zero-order chi connectivity index (χ0) is 54.0. The molecule has 0 N–H and O–H groups in total. The van der Waals surface area contributed by atoms with Crippen LogP contribution in [0.15, 0.2) is 264 Å². The Labute approximate surface area is 451 Å². The van der Waals surface area contributed by atoms with Crippen LogP contribution in [-0.4, -0.2) is 6.04 Å². The SMILES string of the molecule is Cc1ccc(-c2ccc(N(C3=C4C=CC5=C6C(=CC=C(C=C3)C46)C(N(c3cccc(C(F)(F)F)c3)c3ccc(-c4ccc(C)cc4)cc3-c3ccc(C)cc3)C=C5)c3cccc(C(F)(F)F)c3)c(-c3ccc(C)cc3)c2)cc1. The van der Waals surface area contributed by atoms with E-state index in [9.17, 15) is 26.3 Å². The van der Waals surface area contributed by atoms with Crippen molar-refractivity contribution in [2.45, 2.75) is 46.1 Å². The van der Waals surface area contributed by atoms with Crippen LogP contribution in [0, 0.1) is 33.6 Å². The summed E-state index contributed by atoms with van der Waals surface area (Å²) in [5.74, 6) is -0.385. The molecule has 0 aromatic heterocycles. The summed E-state index contributed by atoms with van der Waals surface area (Å²) < 4.78 is 88.9. The Balaban J connectivity index is 1.04. The van der Waals surface area contributed by atoms with Gasteiger partial charge in [0.25, 0.3) is 0 Å². The molecule has 4 aliphatic carbocycles. The molecule has 0 saturated carbocycles. The largest absolute Gasteiger partial charge is 0.416 e. The maximum Gasteiger partial charge on any atom is 0.416 e. The second-order valence-corrected chi connectivity index (χ2v) is 20.6. The summed E-state index contributed by atoms with van der Waals surface area (Å²) in [5.41, 5.74) is 17.7. The van der Waals surface area contributed by atoms with E-state index in [2.05, 4.69) is 109 Å². The van der Waals surface area contributed by atoms with Crippen LogP contribution in [0.2, 0.25) is 0 Å². The fourth-order valence-electron chi connectivity index (χ4n) is 11.3. The fourth-order valence-corrected chi connectivity index (χ4v) is 11.3. The molecule has 0 aliphatic heterocycles. The summed E-state index contributed by atoms with van der Waals surface area (Å²) in [6.45, 7) is 8.12. The highest BCUT2D eigenvalue weighted by Gasteiger charge is 2.42. The van der Waals surface area contributed by atoms with Crippen LogP contribution < -0.4 is 9.80 Å². The third kappa shape index (κ3) is 9.35. The van der Waals surface area contributed by atoms with E-state index in [4.69, 9.17) is 0 Å². The third-order valence-corrected chi connectivity index (χ3v) is 15.3. The molecule has 384 valence electrons. The van der Waals surface area contributed by atoms with Crippen molar-refractivity contribution in [3.63, 3.8) is 0 Å². The summed E-state index contributed by atoms with van der Waals surface area (Å²) >= 11 is 0. The fraction of sp³-hybridized carbons (Fsp3) is 0.114. The van der Waals surface area contributed by atoms with E-state index in [1.807, 2.05) is 110 Å². The van der Waals surface area contributed by atoms with Gasteiger partial charge in [0.15, 0.2) is 0 Å². The zero-order valence-electron chi connectivity index (χ0n) is 43.3. The molecule has 0 heterocycles. The van der Waals surface area contributed by atoms with Crippen molar-refractivity contribution in [2.24, 2.45) is 5.92 Å². The second kappa shape index (κ2) is 19.6. The standard InChI is InChI=1S/C70H52F6N2/c1-43-11-19-47(20-12-43)53-31-37-65(61(39-53)49-23-15-45(3)16-24-49)77(57-9-5-7-55(41-57)69(71,72)73)63-35-29-51-28-34-60-64(36-30-52-27-33-59(63)67(51)68(52)60)78(58-10-6-8-56(42-58)70(74,75)76)66-38-32-54(48-21-13-44(2)14-22-48)40-62(66)50-25-17-46(4)18-26-50/h5-42,63,68H,1-4H3. The van der Waals surface area contributed by atoms with Crippen molar-refractivity contribution in [1.29, 1.82) is 0 Å². The van der Waals surface area contributed by atoms with Gasteiger partial charge in [0, 0.05) is 34.1 Å². The summed E-state index contributed by atoms with van der Waals surface area (Å²) in [4.78, 5) is 3.97. The van der Waals surface area contributed by atoms with Crippen molar-refractivity contribution in [1.82, 2.24) is 0 Å². The Morgan fingerprint density at radius 2 is 0.885 bits per heavy atom. The van der Waals surface area contributed by atoms with Crippen LogP contribution in [0.5, 0.6) is 0 Å². The lowest BCUT2D eigenvalue weighted by Crippen LogP contribution is -2.37. The molecule has 0 bridgehead atoms. The first kappa shape index (κ1) is 50.0. The second-order valence-electron chi connectivity index (χ2n) is 20.6. The number of nitrogens with zero attached hydrogens (tertiary/aromatic N) is 2. The molecule has 0 fully saturated rings. The molecule has 0 saturated heterocycles. The highest BCUT2D eigenvalue weighted by Crippen LogP contribution is 2.54. The van der Waals surface area contributed by atoms with Gasteiger partial charge in [0.1, 0.15) is 0 Å². The smallest absolute Gasteiger partial charge is 0.330 e. The number of halogens is 6. The molecule has 12 rings (SSSR count). The monoisotopic (exact) mass is 1030 g/mol. The normalized spacial score (nSPS) is 16.5. The van der Waals surface area contributed by atoms with Gasteiger partial charge in [-0.1, -0.05) is 186 Å². The van der Waals surface area contributed by atoms with Gasteiger partial charge in [-0.05, 0) is 156 Å². The Morgan fingerprint density at radius 3 is 1.42 bits per heavy atom. The number of hydrogen-bond acceptors (Lipinski definition) is 2. The summed E-state index contributed by atoms with van der Waals surface area (Å²) in [7, 11) is 0. The molecular weight excluding hydrogens is 983 g/mol. The number of rotatable bonds is 10. The van der Waals surface area contributed by atoms with Crippen LogP contribution in [0.4, 0.5) is 49.1 Å². The van der Waals surface area contributed by atoms with Gasteiger partial charge in [0.05, 0.1) is 28.6 Å². The van der Waals surface area contributed by atoms with E-state index >= 15 is 0 Å². The van der Waals surface area contributed by atoms with E-state index in [0.29, 0.717) is 28.4 Å². The predicted octanol–water partition coefficient (Wildman–Crippen LogP) is 19.7. The van der Waals surface area contributed by atoms with Gasteiger partial charge in [0.2, 0.25) is 0 Å². The van der Waals surface area contributed by atoms with Gasteiger partial charge in [-0.3, -0.25) is 0 Å². The minimum atomic E-state index is -4.62. The summed E-state index contributed by atoms with van der Waals surface area (Å²) in [5, 5.41) is 0. The molecular formula is C70H52F6N2. The van der Waals surface area contributed by atoms with Crippen LogP contribution in [0.1, 0.15) is 33.4 Å². The zero-order valence-corrected chi connectivity index (χ0v) is 43.3. The van der Waals surface area contributed by atoms with Crippen LogP contribution in [0.3, 0.4) is 0 Å². The van der Waals surface area contributed by atoms with Crippen molar-refractivity contribution in [3.8, 4) is 44.5 Å². The molecule has 0 amide bonds. The lowest BCUT2D eigenvalue weighted by molar-refractivity contribution is -0.138. The molecule has 0 spiro atoms. The maximum atomic E-state index is 14.8. The summed E-state index contributed by atoms with van der Waals surface area (Å²) in [6.07, 6.45) is 7.22. The average Bonchev–Trinajstić information content (AvgIpc) is 3.62. The molecule has 78 heavy (non-hydrogen) atoms. The molecule has 0 radical (unpaired) electrons. The maximum absolute atomic E-state index is 14.8. The van der Waals surface area contributed by atoms with Crippen molar-refractivity contribution >= 4 is 22.7 Å². The number of aryl methyl sites for hydroxylation is 4. The van der Waals surface area contributed by atoms with Gasteiger partial charge < -0.3 is 9.80 Å². The highest BCUT2D eigenvalue weighted by molar-refractivity contribution is 5.91. The molecule has 2 atom stereocenters. The van der Waals surface area contributed by atoms with Crippen LogP contribution in [0.25, 0.3) is 44.5 Å². The first-order valence-electron chi connectivity index (χ1n) is 26.0. The quantitative estimate of drug-likeness (QED) is 0.126. The Bertz CT molecular complexity index is 3900. The van der Waals surface area contributed by atoms with E-state index in [0.717, 1.165) is 107 Å². The Morgan fingerprint density at radius 1 is 0.410 bits per heavy atom. The predicted molar refractivity (Wildman–Crippen MR) is 306 cm³/mol. The molecule has 2 nitrogen and oxygen atoms in total. The van der Waals surface area contributed by atoms with Crippen molar-refractivity contribution < 1.29 is 26.3 Å². The van der Waals surface area contributed by atoms with Crippen LogP contribution >= 0.6 is 0 Å². The van der Waals surface area contributed by atoms with E-state index in [-0.39, 0.29) is 5.92 Å². The number of hydrogen-bond donors (Lipinski definition) is 0. The first-order chi connectivity index (χ1) is 37.6. The van der Waals surface area contributed by atoms with Gasteiger partial charge in [-0.25, -0.2) is 0 Å². The minimum absolute atomic E-state index is 0.329. The lowest BCUT2D eigenvalue weighted by Gasteiger charge is -2.44.